The van der Waals surface area contributed by atoms with Crippen LogP contribution in [0.3, 0.4) is 0 Å². The summed E-state index contributed by atoms with van der Waals surface area (Å²) in [6.07, 6.45) is 0. The molecule has 0 amide bonds. The standard InChI is InChI=1S/C11H12N4O2S/c16-11(17)8-18-7-10-12-13-14-15(10)6-9-4-2-1-3-5-9/h1-5H,6-8H2,(H,16,17). The lowest BCUT2D eigenvalue weighted by Gasteiger charge is -2.03. The van der Waals surface area contributed by atoms with Crippen LogP contribution >= 0.6 is 11.8 Å². The Kier molecular flexibility index (Phi) is 4.30. The zero-order chi connectivity index (χ0) is 12.8. The third-order valence-electron chi connectivity index (χ3n) is 2.24. The van der Waals surface area contributed by atoms with Gasteiger partial charge in [0.1, 0.15) is 0 Å². The van der Waals surface area contributed by atoms with Crippen molar-refractivity contribution in [3.8, 4) is 0 Å². The Morgan fingerprint density at radius 2 is 2.11 bits per heavy atom. The van der Waals surface area contributed by atoms with Crippen LogP contribution in [0.4, 0.5) is 0 Å². The van der Waals surface area contributed by atoms with Crippen molar-refractivity contribution in [3.05, 3.63) is 41.7 Å². The molecule has 0 bridgehead atoms. The molecule has 7 heteroatoms. The number of hydrogen-bond acceptors (Lipinski definition) is 5. The SMILES string of the molecule is O=C(O)CSCc1nnnn1Cc1ccccc1. The molecular weight excluding hydrogens is 252 g/mol. The second-order valence-electron chi connectivity index (χ2n) is 3.62. The lowest BCUT2D eigenvalue weighted by Crippen LogP contribution is -2.07. The van der Waals surface area contributed by atoms with E-state index < -0.39 is 5.97 Å². The van der Waals surface area contributed by atoms with Crippen LogP contribution in [0.25, 0.3) is 0 Å². The molecule has 0 spiro atoms. The Morgan fingerprint density at radius 3 is 2.83 bits per heavy atom. The average Bonchev–Trinajstić information content (AvgIpc) is 2.78. The molecule has 0 radical (unpaired) electrons. The van der Waals surface area contributed by atoms with E-state index in [1.165, 1.54) is 11.8 Å². The molecule has 0 aliphatic rings. The largest absolute Gasteiger partial charge is 0.481 e. The molecule has 1 heterocycles. The Morgan fingerprint density at radius 1 is 1.33 bits per heavy atom. The number of aliphatic carboxylic acids is 1. The zero-order valence-corrected chi connectivity index (χ0v) is 10.4. The molecule has 1 aromatic heterocycles. The lowest BCUT2D eigenvalue weighted by atomic mass is 10.2. The molecule has 0 atom stereocenters. The first-order valence-electron chi connectivity index (χ1n) is 5.34. The van der Waals surface area contributed by atoms with Gasteiger partial charge in [0.05, 0.1) is 18.1 Å². The van der Waals surface area contributed by atoms with Gasteiger partial charge in [0, 0.05) is 0 Å². The van der Waals surface area contributed by atoms with Gasteiger partial charge in [-0.15, -0.1) is 16.9 Å². The number of carboxylic acids is 1. The Balaban J connectivity index is 1.97. The number of aromatic nitrogens is 4. The monoisotopic (exact) mass is 264 g/mol. The van der Waals surface area contributed by atoms with Gasteiger partial charge in [-0.2, -0.15) is 0 Å². The molecule has 2 rings (SSSR count). The third kappa shape index (κ3) is 3.56. The Labute approximate surface area is 108 Å². The highest BCUT2D eigenvalue weighted by Crippen LogP contribution is 2.10. The van der Waals surface area contributed by atoms with Crippen molar-refractivity contribution in [2.24, 2.45) is 0 Å². The summed E-state index contributed by atoms with van der Waals surface area (Å²) >= 11 is 1.28. The summed E-state index contributed by atoms with van der Waals surface area (Å²) in [5.74, 6) is 0.400. The van der Waals surface area contributed by atoms with Crippen LogP contribution in [0.1, 0.15) is 11.4 Å². The molecular formula is C11H12N4O2S. The van der Waals surface area contributed by atoms with Crippen LogP contribution in [-0.2, 0) is 17.1 Å². The molecule has 2 aromatic rings. The number of thioether (sulfide) groups is 1. The van der Waals surface area contributed by atoms with Crippen molar-refractivity contribution in [1.29, 1.82) is 0 Å². The molecule has 0 saturated heterocycles. The van der Waals surface area contributed by atoms with Gasteiger partial charge in [0.15, 0.2) is 5.82 Å². The predicted molar refractivity (Wildman–Crippen MR) is 67.2 cm³/mol. The van der Waals surface area contributed by atoms with Crippen LogP contribution in [0.5, 0.6) is 0 Å². The normalized spacial score (nSPS) is 10.4. The van der Waals surface area contributed by atoms with E-state index in [2.05, 4.69) is 15.5 Å². The lowest BCUT2D eigenvalue weighted by molar-refractivity contribution is -0.133. The number of hydrogen-bond donors (Lipinski definition) is 1. The van der Waals surface area contributed by atoms with E-state index in [1.54, 1.807) is 4.68 Å². The molecule has 0 aliphatic carbocycles. The van der Waals surface area contributed by atoms with E-state index in [4.69, 9.17) is 5.11 Å². The van der Waals surface area contributed by atoms with Crippen molar-refractivity contribution in [3.63, 3.8) is 0 Å². The smallest absolute Gasteiger partial charge is 0.313 e. The Hall–Kier alpha value is -1.89. The summed E-state index contributed by atoms with van der Waals surface area (Å²) in [5, 5.41) is 20.0. The van der Waals surface area contributed by atoms with Gasteiger partial charge in [0.2, 0.25) is 0 Å². The summed E-state index contributed by atoms with van der Waals surface area (Å²) < 4.78 is 1.68. The van der Waals surface area contributed by atoms with Gasteiger partial charge in [-0.3, -0.25) is 4.79 Å². The molecule has 0 unspecified atom stereocenters. The molecule has 0 saturated carbocycles. The van der Waals surface area contributed by atoms with Gasteiger partial charge < -0.3 is 5.11 Å². The van der Waals surface area contributed by atoms with Crippen molar-refractivity contribution in [2.75, 3.05) is 5.75 Å². The molecule has 6 nitrogen and oxygen atoms in total. The fourth-order valence-corrected chi connectivity index (χ4v) is 2.10. The van der Waals surface area contributed by atoms with Gasteiger partial charge in [0.25, 0.3) is 0 Å². The van der Waals surface area contributed by atoms with Gasteiger partial charge in [-0.25, -0.2) is 4.68 Å². The molecule has 0 aliphatic heterocycles. The van der Waals surface area contributed by atoms with Gasteiger partial charge in [-0.05, 0) is 16.0 Å². The number of carbonyl (C=O) groups is 1. The van der Waals surface area contributed by atoms with Gasteiger partial charge in [-0.1, -0.05) is 30.3 Å². The summed E-state index contributed by atoms with van der Waals surface area (Å²) in [4.78, 5) is 10.4. The molecule has 94 valence electrons. The highest BCUT2D eigenvalue weighted by molar-refractivity contribution is 7.99. The Bertz CT molecular complexity index is 515. The third-order valence-corrected chi connectivity index (χ3v) is 3.15. The van der Waals surface area contributed by atoms with Crippen LogP contribution < -0.4 is 0 Å². The maximum atomic E-state index is 10.4. The van der Waals surface area contributed by atoms with Crippen molar-refractivity contribution in [2.45, 2.75) is 12.3 Å². The number of benzene rings is 1. The fourth-order valence-electron chi connectivity index (χ4n) is 1.44. The topological polar surface area (TPSA) is 80.9 Å². The van der Waals surface area contributed by atoms with E-state index in [0.29, 0.717) is 18.1 Å². The highest BCUT2D eigenvalue weighted by atomic mass is 32.2. The predicted octanol–water partition coefficient (Wildman–Crippen LogP) is 1.04. The van der Waals surface area contributed by atoms with Crippen LogP contribution in [0.15, 0.2) is 30.3 Å². The quantitative estimate of drug-likeness (QED) is 0.839. The maximum Gasteiger partial charge on any atom is 0.313 e. The molecule has 1 aromatic carbocycles. The summed E-state index contributed by atoms with van der Waals surface area (Å²) in [5.41, 5.74) is 1.11. The number of rotatable bonds is 6. The summed E-state index contributed by atoms with van der Waals surface area (Å²) in [6, 6.07) is 9.86. The summed E-state index contributed by atoms with van der Waals surface area (Å²) in [7, 11) is 0. The highest BCUT2D eigenvalue weighted by Gasteiger charge is 2.07. The maximum absolute atomic E-state index is 10.4. The second-order valence-corrected chi connectivity index (χ2v) is 4.61. The van der Waals surface area contributed by atoms with Crippen molar-refractivity contribution in [1.82, 2.24) is 20.2 Å². The van der Waals surface area contributed by atoms with E-state index in [9.17, 15) is 4.79 Å². The number of tetrazole rings is 1. The van der Waals surface area contributed by atoms with Crippen LogP contribution in [0, 0.1) is 0 Å². The van der Waals surface area contributed by atoms with Gasteiger partial charge >= 0.3 is 5.97 Å². The first-order valence-corrected chi connectivity index (χ1v) is 6.49. The van der Waals surface area contributed by atoms with Crippen LogP contribution in [-0.4, -0.2) is 37.0 Å². The molecule has 0 fully saturated rings. The second kappa shape index (κ2) is 6.15. The number of carboxylic acid groups (broad SMARTS) is 1. The van der Waals surface area contributed by atoms with E-state index >= 15 is 0 Å². The van der Waals surface area contributed by atoms with Crippen molar-refractivity contribution < 1.29 is 9.90 Å². The number of nitrogens with zero attached hydrogens (tertiary/aromatic N) is 4. The first kappa shape index (κ1) is 12.6. The summed E-state index contributed by atoms with van der Waals surface area (Å²) in [6.45, 7) is 0.594. The minimum atomic E-state index is -0.831. The first-order chi connectivity index (χ1) is 8.75. The fraction of sp³-hybridized carbons (Fsp3) is 0.273. The molecule has 18 heavy (non-hydrogen) atoms. The minimum Gasteiger partial charge on any atom is -0.481 e. The average molecular weight is 264 g/mol. The van der Waals surface area contributed by atoms with Crippen LogP contribution in [0.2, 0.25) is 0 Å². The van der Waals surface area contributed by atoms with E-state index in [1.807, 2.05) is 30.3 Å². The van der Waals surface area contributed by atoms with E-state index in [0.717, 1.165) is 5.56 Å². The van der Waals surface area contributed by atoms with E-state index in [-0.39, 0.29) is 5.75 Å². The minimum absolute atomic E-state index is 0.0538. The van der Waals surface area contributed by atoms with Crippen molar-refractivity contribution >= 4 is 17.7 Å². The molecule has 1 N–H and O–H groups in total. The zero-order valence-electron chi connectivity index (χ0n) is 9.56.